The highest BCUT2D eigenvalue weighted by atomic mass is 16.5. The summed E-state index contributed by atoms with van der Waals surface area (Å²) in [6.07, 6.45) is 0.901. The Bertz CT molecular complexity index is 840. The van der Waals surface area contributed by atoms with Crippen molar-refractivity contribution in [2.45, 2.75) is 47.1 Å². The van der Waals surface area contributed by atoms with Gasteiger partial charge in [0, 0.05) is 24.2 Å². The van der Waals surface area contributed by atoms with Crippen LogP contribution in [-0.4, -0.2) is 28.7 Å². The monoisotopic (exact) mass is 372 g/mol. The first-order chi connectivity index (χ1) is 12.7. The number of hydrogen-bond acceptors (Lipinski definition) is 4. The number of carbonyl (C=O) groups is 2. The smallest absolute Gasteiger partial charge is 0.248 e. The third-order valence-electron chi connectivity index (χ3n) is 4.43. The molecular formula is C20H28N4O3. The molecule has 1 heterocycles. The fourth-order valence-corrected chi connectivity index (χ4v) is 3.03. The molecule has 1 aromatic carbocycles. The minimum Gasteiger partial charge on any atom is -0.495 e. The Morgan fingerprint density at radius 1 is 1.30 bits per heavy atom. The summed E-state index contributed by atoms with van der Waals surface area (Å²) in [7, 11) is 1.50. The van der Waals surface area contributed by atoms with E-state index >= 15 is 0 Å². The molecular weight excluding hydrogens is 344 g/mol. The molecule has 0 aliphatic carbocycles. The van der Waals surface area contributed by atoms with Crippen LogP contribution >= 0.6 is 0 Å². The van der Waals surface area contributed by atoms with E-state index in [-0.39, 0.29) is 5.91 Å². The Kier molecular flexibility index (Phi) is 6.60. The molecule has 0 aliphatic rings. The van der Waals surface area contributed by atoms with Gasteiger partial charge in [0.25, 0.3) is 0 Å². The molecule has 2 aromatic rings. The molecule has 0 saturated heterocycles. The number of aromatic nitrogens is 2. The van der Waals surface area contributed by atoms with E-state index in [0.29, 0.717) is 35.8 Å². The lowest BCUT2D eigenvalue weighted by Gasteiger charge is -2.11. The predicted octanol–water partition coefficient (Wildman–Crippen LogP) is 2.83. The van der Waals surface area contributed by atoms with Crippen molar-refractivity contribution in [2.24, 2.45) is 11.7 Å². The average molecular weight is 372 g/mol. The van der Waals surface area contributed by atoms with Crippen molar-refractivity contribution in [3.63, 3.8) is 0 Å². The van der Waals surface area contributed by atoms with Gasteiger partial charge in [-0.2, -0.15) is 5.10 Å². The number of rotatable bonds is 8. The van der Waals surface area contributed by atoms with Gasteiger partial charge in [0.1, 0.15) is 5.75 Å². The van der Waals surface area contributed by atoms with Crippen molar-refractivity contribution in [1.29, 1.82) is 0 Å². The lowest BCUT2D eigenvalue weighted by Crippen LogP contribution is -2.16. The minimum absolute atomic E-state index is 0.162. The van der Waals surface area contributed by atoms with Gasteiger partial charge in [-0.3, -0.25) is 14.3 Å². The standard InChI is InChI=1S/C20H28N4O3/c1-12(2)11-24-14(4)16(13(3)23-24)7-9-19(25)22-17-10-15(20(21)26)6-8-18(17)27-5/h6,8,10,12H,7,9,11H2,1-5H3,(H2,21,26)(H,22,25). The van der Waals surface area contributed by atoms with Crippen LogP contribution in [0.1, 0.15) is 47.6 Å². The Hall–Kier alpha value is -2.83. The highest BCUT2D eigenvalue weighted by molar-refractivity contribution is 5.97. The summed E-state index contributed by atoms with van der Waals surface area (Å²) in [4.78, 5) is 23.8. The second kappa shape index (κ2) is 8.70. The number of hydrogen-bond donors (Lipinski definition) is 2. The molecule has 0 radical (unpaired) electrons. The third kappa shape index (κ3) is 5.09. The largest absolute Gasteiger partial charge is 0.495 e. The molecule has 0 bridgehead atoms. The predicted molar refractivity (Wildman–Crippen MR) is 105 cm³/mol. The second-order valence-corrected chi connectivity index (χ2v) is 7.05. The van der Waals surface area contributed by atoms with Crippen LogP contribution in [0.3, 0.4) is 0 Å². The summed E-state index contributed by atoms with van der Waals surface area (Å²) in [5.74, 6) is 0.261. The average Bonchev–Trinajstić information content (AvgIpc) is 2.85. The second-order valence-electron chi connectivity index (χ2n) is 7.05. The molecule has 27 heavy (non-hydrogen) atoms. The number of nitrogens with one attached hydrogen (secondary N) is 1. The van der Waals surface area contributed by atoms with Crippen LogP contribution in [0.2, 0.25) is 0 Å². The first kappa shape index (κ1) is 20.5. The van der Waals surface area contributed by atoms with E-state index in [1.165, 1.54) is 13.2 Å². The zero-order valence-corrected chi connectivity index (χ0v) is 16.6. The van der Waals surface area contributed by atoms with Gasteiger partial charge in [-0.25, -0.2) is 0 Å². The maximum atomic E-state index is 12.4. The summed E-state index contributed by atoms with van der Waals surface area (Å²) >= 11 is 0. The summed E-state index contributed by atoms with van der Waals surface area (Å²) in [5.41, 5.74) is 9.21. The van der Waals surface area contributed by atoms with Crippen LogP contribution in [0.5, 0.6) is 5.75 Å². The van der Waals surface area contributed by atoms with Crippen molar-refractivity contribution in [1.82, 2.24) is 9.78 Å². The molecule has 0 aliphatic heterocycles. The number of methoxy groups -OCH3 is 1. The number of nitrogens with two attached hydrogens (primary N) is 1. The first-order valence-corrected chi connectivity index (χ1v) is 9.03. The number of aryl methyl sites for hydroxylation is 1. The summed E-state index contributed by atoms with van der Waals surface area (Å²) in [6, 6.07) is 4.70. The van der Waals surface area contributed by atoms with E-state index in [2.05, 4.69) is 24.3 Å². The Morgan fingerprint density at radius 2 is 2.00 bits per heavy atom. The zero-order valence-electron chi connectivity index (χ0n) is 16.6. The molecule has 0 fully saturated rings. The molecule has 0 saturated carbocycles. The highest BCUT2D eigenvalue weighted by Crippen LogP contribution is 2.26. The number of primary amides is 1. The lowest BCUT2D eigenvalue weighted by molar-refractivity contribution is -0.116. The van der Waals surface area contributed by atoms with Gasteiger partial charge in [0.05, 0.1) is 18.5 Å². The van der Waals surface area contributed by atoms with Crippen molar-refractivity contribution < 1.29 is 14.3 Å². The number of nitrogens with zero attached hydrogens (tertiary/aromatic N) is 2. The number of amides is 2. The summed E-state index contributed by atoms with van der Waals surface area (Å²) < 4.78 is 7.25. The topological polar surface area (TPSA) is 99.2 Å². The quantitative estimate of drug-likeness (QED) is 0.744. The van der Waals surface area contributed by atoms with Crippen molar-refractivity contribution >= 4 is 17.5 Å². The van der Waals surface area contributed by atoms with Crippen LogP contribution in [-0.2, 0) is 17.8 Å². The van der Waals surface area contributed by atoms with Crippen molar-refractivity contribution in [2.75, 3.05) is 12.4 Å². The van der Waals surface area contributed by atoms with Gasteiger partial charge in [0.15, 0.2) is 0 Å². The fourth-order valence-electron chi connectivity index (χ4n) is 3.03. The van der Waals surface area contributed by atoms with Gasteiger partial charge < -0.3 is 15.8 Å². The van der Waals surface area contributed by atoms with E-state index < -0.39 is 5.91 Å². The maximum absolute atomic E-state index is 12.4. The van der Waals surface area contributed by atoms with E-state index in [0.717, 1.165) is 23.5 Å². The third-order valence-corrected chi connectivity index (χ3v) is 4.43. The zero-order chi connectivity index (χ0) is 20.1. The number of ether oxygens (including phenoxy) is 1. The number of benzene rings is 1. The van der Waals surface area contributed by atoms with Gasteiger partial charge >= 0.3 is 0 Å². The van der Waals surface area contributed by atoms with Crippen LogP contribution in [0.4, 0.5) is 5.69 Å². The van der Waals surface area contributed by atoms with Crippen molar-refractivity contribution in [3.05, 3.63) is 40.7 Å². The van der Waals surface area contributed by atoms with E-state index in [9.17, 15) is 9.59 Å². The first-order valence-electron chi connectivity index (χ1n) is 9.03. The van der Waals surface area contributed by atoms with Crippen LogP contribution < -0.4 is 15.8 Å². The maximum Gasteiger partial charge on any atom is 0.248 e. The van der Waals surface area contributed by atoms with Gasteiger partial charge in [-0.15, -0.1) is 0 Å². The number of carbonyl (C=O) groups excluding carboxylic acids is 2. The van der Waals surface area contributed by atoms with Crippen LogP contribution in [0.25, 0.3) is 0 Å². The van der Waals surface area contributed by atoms with E-state index in [1.807, 2.05) is 18.5 Å². The molecule has 1 aromatic heterocycles. The summed E-state index contributed by atoms with van der Waals surface area (Å²) in [5, 5.41) is 7.39. The fraction of sp³-hybridized carbons (Fsp3) is 0.450. The van der Waals surface area contributed by atoms with E-state index in [4.69, 9.17) is 10.5 Å². The molecule has 2 amide bonds. The van der Waals surface area contributed by atoms with Crippen molar-refractivity contribution in [3.8, 4) is 5.75 Å². The molecule has 146 valence electrons. The Labute approximate surface area is 159 Å². The van der Waals surface area contributed by atoms with Gasteiger partial charge in [-0.05, 0) is 49.9 Å². The summed E-state index contributed by atoms with van der Waals surface area (Å²) in [6.45, 7) is 9.16. The molecule has 0 atom stereocenters. The molecule has 7 heteroatoms. The minimum atomic E-state index is -0.558. The molecule has 7 nitrogen and oxygen atoms in total. The van der Waals surface area contributed by atoms with Crippen LogP contribution in [0, 0.1) is 19.8 Å². The van der Waals surface area contributed by atoms with Crippen LogP contribution in [0.15, 0.2) is 18.2 Å². The van der Waals surface area contributed by atoms with E-state index in [1.54, 1.807) is 12.1 Å². The molecule has 2 rings (SSSR count). The van der Waals surface area contributed by atoms with Gasteiger partial charge in [-0.1, -0.05) is 13.8 Å². The Balaban J connectivity index is 2.08. The van der Waals surface area contributed by atoms with Gasteiger partial charge in [0.2, 0.25) is 11.8 Å². The molecule has 0 unspecified atom stereocenters. The lowest BCUT2D eigenvalue weighted by atomic mass is 10.1. The SMILES string of the molecule is COc1ccc(C(N)=O)cc1NC(=O)CCc1c(C)nn(CC(C)C)c1C. The highest BCUT2D eigenvalue weighted by Gasteiger charge is 2.15. The molecule has 0 spiro atoms. The molecule has 3 N–H and O–H groups in total. The number of anilines is 1. The Morgan fingerprint density at radius 3 is 2.59 bits per heavy atom. The normalized spacial score (nSPS) is 10.9.